The van der Waals surface area contributed by atoms with Gasteiger partial charge < -0.3 is 25.1 Å². The van der Waals surface area contributed by atoms with Gasteiger partial charge in [0.05, 0.1) is 6.26 Å². The Morgan fingerprint density at radius 3 is 2.63 bits per heavy atom. The van der Waals surface area contributed by atoms with Gasteiger partial charge in [-0.3, -0.25) is 9.79 Å². The summed E-state index contributed by atoms with van der Waals surface area (Å²) in [5.41, 5.74) is 1.77. The maximum Gasteiger partial charge on any atom is 0.251 e. The van der Waals surface area contributed by atoms with E-state index in [1.54, 1.807) is 13.3 Å². The summed E-state index contributed by atoms with van der Waals surface area (Å²) >= 11 is 0. The number of carbonyl (C=O) groups is 1. The van der Waals surface area contributed by atoms with Crippen LogP contribution in [0.25, 0.3) is 0 Å². The first kappa shape index (κ1) is 26.0. The molecule has 166 valence electrons. The fraction of sp³-hybridized carbons (Fsp3) is 0.455. The van der Waals surface area contributed by atoms with Gasteiger partial charge in [0.25, 0.3) is 5.91 Å². The van der Waals surface area contributed by atoms with Crippen LogP contribution < -0.4 is 16.0 Å². The molecule has 0 saturated heterocycles. The van der Waals surface area contributed by atoms with E-state index >= 15 is 0 Å². The van der Waals surface area contributed by atoms with Crippen LogP contribution in [0.3, 0.4) is 0 Å². The molecule has 0 aliphatic rings. The van der Waals surface area contributed by atoms with Gasteiger partial charge in [-0.15, -0.1) is 24.0 Å². The molecular formula is C22H33IN4O3. The molecule has 1 aromatic heterocycles. The zero-order valence-corrected chi connectivity index (χ0v) is 20.1. The molecule has 0 saturated carbocycles. The third kappa shape index (κ3) is 10.1. The summed E-state index contributed by atoms with van der Waals surface area (Å²) in [6, 6.07) is 11.5. The highest BCUT2D eigenvalue weighted by Gasteiger charge is 2.05. The number of ether oxygens (including phenoxy) is 1. The third-order valence-corrected chi connectivity index (χ3v) is 4.29. The molecule has 3 N–H and O–H groups in total. The Hall–Kier alpha value is -2.07. The molecular weight excluding hydrogens is 495 g/mol. The molecule has 2 rings (SSSR count). The van der Waals surface area contributed by atoms with E-state index in [4.69, 9.17) is 9.15 Å². The minimum absolute atomic E-state index is 0. The Labute approximate surface area is 196 Å². The first-order chi connectivity index (χ1) is 14.2. The zero-order chi connectivity index (χ0) is 20.7. The van der Waals surface area contributed by atoms with Crippen molar-refractivity contribution in [3.8, 4) is 0 Å². The van der Waals surface area contributed by atoms with Crippen LogP contribution in [0.1, 0.15) is 35.0 Å². The van der Waals surface area contributed by atoms with Gasteiger partial charge in [0.15, 0.2) is 5.96 Å². The van der Waals surface area contributed by atoms with E-state index in [2.05, 4.69) is 20.9 Å². The van der Waals surface area contributed by atoms with Crippen LogP contribution in [0.4, 0.5) is 0 Å². The highest BCUT2D eigenvalue weighted by molar-refractivity contribution is 14.0. The second kappa shape index (κ2) is 15.7. The predicted octanol–water partition coefficient (Wildman–Crippen LogP) is 3.00. The second-order valence-electron chi connectivity index (χ2n) is 6.49. The Morgan fingerprint density at radius 2 is 1.93 bits per heavy atom. The molecule has 2 aromatic rings. The van der Waals surface area contributed by atoms with E-state index < -0.39 is 0 Å². The summed E-state index contributed by atoms with van der Waals surface area (Å²) in [6.45, 7) is 5.58. The summed E-state index contributed by atoms with van der Waals surface area (Å²) in [5, 5.41) is 9.37. The summed E-state index contributed by atoms with van der Waals surface area (Å²) in [6.07, 6.45) is 4.15. The van der Waals surface area contributed by atoms with Crippen molar-refractivity contribution in [3.05, 3.63) is 59.5 Å². The summed E-state index contributed by atoms with van der Waals surface area (Å²) in [7, 11) is 1.64. The lowest BCUT2D eigenvalue weighted by molar-refractivity contribution is 0.0963. The lowest BCUT2D eigenvalue weighted by Gasteiger charge is -2.13. The number of benzene rings is 1. The van der Waals surface area contributed by atoms with Gasteiger partial charge in [0.2, 0.25) is 0 Å². The molecule has 0 fully saturated rings. The summed E-state index contributed by atoms with van der Waals surface area (Å²) < 4.78 is 10.7. The smallest absolute Gasteiger partial charge is 0.251 e. The molecule has 0 unspecified atom stereocenters. The van der Waals surface area contributed by atoms with Gasteiger partial charge in [0.1, 0.15) is 5.76 Å². The van der Waals surface area contributed by atoms with Crippen molar-refractivity contribution >= 4 is 35.8 Å². The molecule has 1 amide bonds. The number of hydrogen-bond donors (Lipinski definition) is 3. The molecule has 7 nitrogen and oxygen atoms in total. The van der Waals surface area contributed by atoms with E-state index in [-0.39, 0.29) is 29.9 Å². The third-order valence-electron chi connectivity index (χ3n) is 4.29. The number of rotatable bonds is 12. The van der Waals surface area contributed by atoms with Crippen LogP contribution >= 0.6 is 24.0 Å². The average molecular weight is 528 g/mol. The van der Waals surface area contributed by atoms with Crippen molar-refractivity contribution in [2.75, 3.05) is 39.9 Å². The molecule has 0 aliphatic heterocycles. The van der Waals surface area contributed by atoms with E-state index in [9.17, 15) is 4.79 Å². The van der Waals surface area contributed by atoms with Crippen molar-refractivity contribution in [2.24, 2.45) is 4.99 Å². The number of amides is 1. The van der Waals surface area contributed by atoms with Crippen molar-refractivity contribution in [2.45, 2.75) is 26.2 Å². The molecule has 0 radical (unpaired) electrons. The Kier molecular flexibility index (Phi) is 13.6. The standard InChI is InChI=1S/C22H32N4O3.HI/c1-3-28-15-6-12-24-22(26-14-11-20-9-5-16-29-20)25-13-10-18-7-4-8-19(17-18)21(27)23-2;/h4-5,7-9,16-17H,3,6,10-15H2,1-2H3,(H,23,27)(H2,24,25,26);1H. The molecule has 1 aromatic carbocycles. The van der Waals surface area contributed by atoms with Crippen molar-refractivity contribution in [1.29, 1.82) is 0 Å². The monoisotopic (exact) mass is 528 g/mol. The number of carbonyl (C=O) groups excluding carboxylic acids is 1. The maximum atomic E-state index is 11.8. The highest BCUT2D eigenvalue weighted by atomic mass is 127. The number of nitrogens with one attached hydrogen (secondary N) is 3. The van der Waals surface area contributed by atoms with Crippen molar-refractivity contribution < 1.29 is 13.9 Å². The van der Waals surface area contributed by atoms with Gasteiger partial charge >= 0.3 is 0 Å². The largest absolute Gasteiger partial charge is 0.469 e. The van der Waals surface area contributed by atoms with Crippen LogP contribution in [0.5, 0.6) is 0 Å². The number of guanidine groups is 1. The number of hydrogen-bond acceptors (Lipinski definition) is 4. The summed E-state index contributed by atoms with van der Waals surface area (Å²) in [4.78, 5) is 16.4. The van der Waals surface area contributed by atoms with Crippen LogP contribution in [0.15, 0.2) is 52.1 Å². The fourth-order valence-electron chi connectivity index (χ4n) is 2.77. The van der Waals surface area contributed by atoms with Crippen LogP contribution in [0, 0.1) is 0 Å². The van der Waals surface area contributed by atoms with E-state index in [0.29, 0.717) is 18.7 Å². The van der Waals surface area contributed by atoms with Gasteiger partial charge in [-0.25, -0.2) is 0 Å². The minimum atomic E-state index is -0.0732. The first-order valence-electron chi connectivity index (χ1n) is 10.2. The van der Waals surface area contributed by atoms with Crippen molar-refractivity contribution in [3.63, 3.8) is 0 Å². The number of nitrogens with zero attached hydrogens (tertiary/aromatic N) is 1. The number of aliphatic imine (C=N–C) groups is 1. The van der Waals surface area contributed by atoms with Gasteiger partial charge in [-0.05, 0) is 49.6 Å². The fourth-order valence-corrected chi connectivity index (χ4v) is 2.77. The van der Waals surface area contributed by atoms with E-state index in [0.717, 1.165) is 56.2 Å². The van der Waals surface area contributed by atoms with Crippen LogP contribution in [-0.4, -0.2) is 51.8 Å². The maximum absolute atomic E-state index is 11.8. The minimum Gasteiger partial charge on any atom is -0.469 e. The lowest BCUT2D eigenvalue weighted by Crippen LogP contribution is -2.39. The highest BCUT2D eigenvalue weighted by Crippen LogP contribution is 2.05. The quantitative estimate of drug-likeness (QED) is 0.171. The molecule has 0 spiro atoms. The first-order valence-corrected chi connectivity index (χ1v) is 10.2. The number of furan rings is 1. The van der Waals surface area contributed by atoms with Crippen LogP contribution in [-0.2, 0) is 17.6 Å². The molecule has 30 heavy (non-hydrogen) atoms. The topological polar surface area (TPSA) is 87.9 Å². The SMILES string of the molecule is CCOCCCN=C(NCCc1cccc(C(=O)NC)c1)NCCc1ccco1.I. The van der Waals surface area contributed by atoms with Crippen LogP contribution in [0.2, 0.25) is 0 Å². The molecule has 0 aliphatic carbocycles. The molecule has 1 heterocycles. The van der Waals surface area contributed by atoms with E-state index in [1.807, 2.05) is 43.3 Å². The Balaban J connectivity index is 0.00000450. The Bertz CT molecular complexity index is 751. The second-order valence-corrected chi connectivity index (χ2v) is 6.49. The molecule has 0 bridgehead atoms. The normalized spacial score (nSPS) is 10.9. The lowest BCUT2D eigenvalue weighted by atomic mass is 10.1. The van der Waals surface area contributed by atoms with E-state index in [1.165, 1.54) is 0 Å². The van der Waals surface area contributed by atoms with Gasteiger partial charge in [-0.1, -0.05) is 12.1 Å². The van der Waals surface area contributed by atoms with Gasteiger partial charge in [-0.2, -0.15) is 0 Å². The van der Waals surface area contributed by atoms with Gasteiger partial charge in [0, 0.05) is 51.9 Å². The molecule has 8 heteroatoms. The molecule has 0 atom stereocenters. The zero-order valence-electron chi connectivity index (χ0n) is 17.8. The summed E-state index contributed by atoms with van der Waals surface area (Å²) in [5.74, 6) is 1.64. The number of halogens is 1. The Morgan fingerprint density at radius 1 is 1.13 bits per heavy atom. The van der Waals surface area contributed by atoms with Crippen molar-refractivity contribution in [1.82, 2.24) is 16.0 Å². The predicted molar refractivity (Wildman–Crippen MR) is 131 cm³/mol. The average Bonchev–Trinajstić information content (AvgIpc) is 3.26.